The Labute approximate surface area is 169 Å². The first-order valence-electron chi connectivity index (χ1n) is 8.71. The number of ether oxygens (including phenoxy) is 1. The number of nitrogens with zero attached hydrogens (tertiary/aromatic N) is 1. The number of furan rings is 1. The number of hydrogen-bond acceptors (Lipinski definition) is 6. The molecule has 1 aromatic carbocycles. The second-order valence-electron chi connectivity index (χ2n) is 6.67. The number of carbonyl (C=O) groups is 3. The fourth-order valence-corrected chi connectivity index (χ4v) is 3.28. The first-order valence-corrected chi connectivity index (χ1v) is 9.52. The molecule has 3 rings (SSSR count). The Balaban J connectivity index is 1.73. The molecule has 9 heteroatoms. The van der Waals surface area contributed by atoms with Crippen LogP contribution in [0.3, 0.4) is 0 Å². The zero-order chi connectivity index (χ0) is 21.1. The van der Waals surface area contributed by atoms with Crippen molar-refractivity contribution in [2.45, 2.75) is 13.8 Å². The second kappa shape index (κ2) is 8.60. The highest BCUT2D eigenvalue weighted by Gasteiger charge is 2.37. The highest BCUT2D eigenvalue weighted by Crippen LogP contribution is 2.33. The number of esters is 1. The third-order valence-corrected chi connectivity index (χ3v) is 4.74. The number of hydrogen-bond donors (Lipinski definition) is 0. The SMILES string of the molecule is CC(C)COC(=O)CN1C(=O)S/C(=C/c2ccc(-c3ccc(F)cc3F)o2)C1=O. The van der Waals surface area contributed by atoms with Crippen molar-refractivity contribution in [3.63, 3.8) is 0 Å². The molecule has 0 spiro atoms. The summed E-state index contributed by atoms with van der Waals surface area (Å²) in [6.07, 6.45) is 1.33. The van der Waals surface area contributed by atoms with Gasteiger partial charge < -0.3 is 9.15 Å². The molecule has 0 bridgehead atoms. The molecule has 1 aliphatic heterocycles. The van der Waals surface area contributed by atoms with E-state index in [0.717, 1.165) is 17.0 Å². The molecule has 29 heavy (non-hydrogen) atoms. The molecule has 0 unspecified atom stereocenters. The van der Waals surface area contributed by atoms with Gasteiger partial charge in [0.1, 0.15) is 29.7 Å². The first-order chi connectivity index (χ1) is 13.7. The van der Waals surface area contributed by atoms with Gasteiger partial charge in [-0.2, -0.15) is 0 Å². The molecule has 2 heterocycles. The van der Waals surface area contributed by atoms with Gasteiger partial charge in [-0.3, -0.25) is 19.3 Å². The van der Waals surface area contributed by atoms with E-state index >= 15 is 0 Å². The Morgan fingerprint density at radius 1 is 1.24 bits per heavy atom. The number of benzene rings is 1. The average molecular weight is 421 g/mol. The van der Waals surface area contributed by atoms with Gasteiger partial charge in [-0.05, 0) is 41.9 Å². The van der Waals surface area contributed by atoms with Crippen molar-refractivity contribution >= 4 is 35.0 Å². The van der Waals surface area contributed by atoms with Crippen LogP contribution in [0.2, 0.25) is 0 Å². The Bertz CT molecular complexity index is 999. The number of imide groups is 1. The van der Waals surface area contributed by atoms with E-state index in [1.807, 2.05) is 13.8 Å². The van der Waals surface area contributed by atoms with E-state index in [9.17, 15) is 23.2 Å². The molecule has 0 aliphatic carbocycles. The van der Waals surface area contributed by atoms with Gasteiger partial charge in [-0.1, -0.05) is 13.8 Å². The minimum atomic E-state index is -0.786. The first kappa shape index (κ1) is 20.8. The average Bonchev–Trinajstić information content (AvgIpc) is 3.20. The maximum atomic E-state index is 13.9. The number of rotatable bonds is 6. The van der Waals surface area contributed by atoms with E-state index < -0.39 is 35.3 Å². The summed E-state index contributed by atoms with van der Waals surface area (Å²) in [5.74, 6) is -2.33. The molecule has 1 saturated heterocycles. The van der Waals surface area contributed by atoms with E-state index in [4.69, 9.17) is 9.15 Å². The molecule has 0 N–H and O–H groups in total. The van der Waals surface area contributed by atoms with Crippen molar-refractivity contribution in [2.24, 2.45) is 5.92 Å². The van der Waals surface area contributed by atoms with Crippen LogP contribution in [0.1, 0.15) is 19.6 Å². The molecule has 1 aliphatic rings. The molecule has 2 amide bonds. The van der Waals surface area contributed by atoms with Crippen LogP contribution in [-0.4, -0.2) is 35.2 Å². The Kier molecular flexibility index (Phi) is 6.17. The van der Waals surface area contributed by atoms with Crippen molar-refractivity contribution in [3.05, 3.63) is 52.6 Å². The van der Waals surface area contributed by atoms with Crippen LogP contribution in [0.15, 0.2) is 39.7 Å². The lowest BCUT2D eigenvalue weighted by atomic mass is 10.1. The lowest BCUT2D eigenvalue weighted by molar-refractivity contribution is -0.147. The molecule has 2 aromatic rings. The molecular weight excluding hydrogens is 404 g/mol. The van der Waals surface area contributed by atoms with E-state index in [-0.39, 0.29) is 34.5 Å². The van der Waals surface area contributed by atoms with Gasteiger partial charge in [-0.15, -0.1) is 0 Å². The number of halogens is 2. The molecule has 0 saturated carbocycles. The van der Waals surface area contributed by atoms with Gasteiger partial charge >= 0.3 is 5.97 Å². The normalized spacial score (nSPS) is 15.6. The lowest BCUT2D eigenvalue weighted by Crippen LogP contribution is -2.34. The van der Waals surface area contributed by atoms with Crippen molar-refractivity contribution in [3.8, 4) is 11.3 Å². The van der Waals surface area contributed by atoms with Crippen LogP contribution < -0.4 is 0 Å². The summed E-state index contributed by atoms with van der Waals surface area (Å²) in [6, 6.07) is 6.04. The molecule has 0 radical (unpaired) electrons. The zero-order valence-electron chi connectivity index (χ0n) is 15.6. The highest BCUT2D eigenvalue weighted by atomic mass is 32.2. The third-order valence-electron chi connectivity index (χ3n) is 3.84. The predicted molar refractivity (Wildman–Crippen MR) is 103 cm³/mol. The molecule has 0 atom stereocenters. The van der Waals surface area contributed by atoms with Crippen molar-refractivity contribution in [1.82, 2.24) is 4.90 Å². The third kappa shape index (κ3) is 4.92. The van der Waals surface area contributed by atoms with Crippen LogP contribution in [-0.2, 0) is 14.3 Å². The van der Waals surface area contributed by atoms with E-state index in [1.165, 1.54) is 24.3 Å². The monoisotopic (exact) mass is 421 g/mol. The van der Waals surface area contributed by atoms with Crippen LogP contribution in [0.25, 0.3) is 17.4 Å². The smallest absolute Gasteiger partial charge is 0.326 e. The van der Waals surface area contributed by atoms with E-state index in [2.05, 4.69) is 0 Å². The van der Waals surface area contributed by atoms with Crippen molar-refractivity contribution in [2.75, 3.05) is 13.2 Å². The maximum absolute atomic E-state index is 13.9. The van der Waals surface area contributed by atoms with Crippen LogP contribution >= 0.6 is 11.8 Å². The Morgan fingerprint density at radius 3 is 2.69 bits per heavy atom. The van der Waals surface area contributed by atoms with E-state index in [1.54, 1.807) is 0 Å². The van der Waals surface area contributed by atoms with Crippen molar-refractivity contribution < 1.29 is 32.3 Å². The Morgan fingerprint density at radius 2 is 2.00 bits per heavy atom. The van der Waals surface area contributed by atoms with Gasteiger partial charge in [-0.25, -0.2) is 8.78 Å². The molecule has 6 nitrogen and oxygen atoms in total. The molecular formula is C20H17F2NO5S. The zero-order valence-corrected chi connectivity index (χ0v) is 16.4. The van der Waals surface area contributed by atoms with Crippen LogP contribution in [0.4, 0.5) is 13.6 Å². The number of thioether (sulfide) groups is 1. The standard InChI is InChI=1S/C20H17F2NO5S/c1-11(2)10-27-18(24)9-23-19(25)17(29-20(23)26)8-13-4-6-16(28-13)14-5-3-12(21)7-15(14)22/h3-8,11H,9-10H2,1-2H3/b17-8+. The van der Waals surface area contributed by atoms with Gasteiger partial charge in [0.05, 0.1) is 17.1 Å². The van der Waals surface area contributed by atoms with Crippen LogP contribution in [0.5, 0.6) is 0 Å². The molecule has 152 valence electrons. The highest BCUT2D eigenvalue weighted by molar-refractivity contribution is 8.18. The van der Waals surface area contributed by atoms with Gasteiger partial charge in [0.2, 0.25) is 0 Å². The summed E-state index contributed by atoms with van der Waals surface area (Å²) in [4.78, 5) is 37.1. The second-order valence-corrected chi connectivity index (χ2v) is 7.66. The summed E-state index contributed by atoms with van der Waals surface area (Å²) in [6.45, 7) is 3.45. The summed E-state index contributed by atoms with van der Waals surface area (Å²) < 4.78 is 37.4. The summed E-state index contributed by atoms with van der Waals surface area (Å²) in [5.41, 5.74) is 0.0621. The van der Waals surface area contributed by atoms with Gasteiger partial charge in [0.15, 0.2) is 0 Å². The van der Waals surface area contributed by atoms with Crippen LogP contribution in [0, 0.1) is 17.6 Å². The van der Waals surface area contributed by atoms with Gasteiger partial charge in [0, 0.05) is 12.1 Å². The topological polar surface area (TPSA) is 76.8 Å². The lowest BCUT2D eigenvalue weighted by Gasteiger charge is -2.12. The molecule has 1 fully saturated rings. The van der Waals surface area contributed by atoms with Crippen molar-refractivity contribution in [1.29, 1.82) is 0 Å². The van der Waals surface area contributed by atoms with E-state index in [0.29, 0.717) is 11.8 Å². The Hall–Kier alpha value is -2.94. The van der Waals surface area contributed by atoms with Gasteiger partial charge in [0.25, 0.3) is 11.1 Å². The summed E-state index contributed by atoms with van der Waals surface area (Å²) >= 11 is 0.660. The predicted octanol–water partition coefficient (Wildman–Crippen LogP) is 4.46. The summed E-state index contributed by atoms with van der Waals surface area (Å²) in [5, 5.41) is -0.598. The fourth-order valence-electron chi connectivity index (χ4n) is 2.46. The minimum absolute atomic E-state index is 0.0621. The minimum Gasteiger partial charge on any atom is -0.464 e. The maximum Gasteiger partial charge on any atom is 0.326 e. The fraction of sp³-hybridized carbons (Fsp3) is 0.250. The molecule has 1 aromatic heterocycles. The number of amides is 2. The number of carbonyl (C=O) groups excluding carboxylic acids is 3. The largest absolute Gasteiger partial charge is 0.464 e. The summed E-state index contributed by atoms with van der Waals surface area (Å²) in [7, 11) is 0. The quantitative estimate of drug-likeness (QED) is 0.506.